The lowest BCUT2D eigenvalue weighted by Gasteiger charge is -2.12. The number of aromatic nitrogens is 7. The predicted octanol–water partition coefficient (Wildman–Crippen LogP) is 4.70. The summed E-state index contributed by atoms with van der Waals surface area (Å²) in [5, 5.41) is 8.40. The van der Waals surface area contributed by atoms with E-state index < -0.39 is 5.82 Å². The number of nitrogens with zero attached hydrogens (tertiary/aromatic N) is 6. The summed E-state index contributed by atoms with van der Waals surface area (Å²) >= 11 is 0. The van der Waals surface area contributed by atoms with Gasteiger partial charge in [0.2, 0.25) is 0 Å². The van der Waals surface area contributed by atoms with Gasteiger partial charge in [0.15, 0.2) is 5.82 Å². The SMILES string of the molecule is CN(C)CCOc1cc(F)cc(-c2nccc3[nH]c(-c4n[nH]c5cnc(-c6ccncc6)cc45)nc23)c1. The number of benzene rings is 1. The van der Waals surface area contributed by atoms with E-state index in [0.29, 0.717) is 40.6 Å². The number of rotatable bonds is 7. The maximum absolute atomic E-state index is 14.5. The summed E-state index contributed by atoms with van der Waals surface area (Å²) in [6.07, 6.45) is 6.89. The number of ether oxygens (including phenoxy) is 1. The van der Waals surface area contributed by atoms with Crippen molar-refractivity contribution in [3.8, 4) is 39.8 Å². The van der Waals surface area contributed by atoms with Gasteiger partial charge < -0.3 is 14.6 Å². The highest BCUT2D eigenvalue weighted by molar-refractivity contribution is 5.96. The van der Waals surface area contributed by atoms with Crippen molar-refractivity contribution in [2.75, 3.05) is 27.2 Å². The number of aromatic amines is 2. The first-order valence-corrected chi connectivity index (χ1v) is 11.7. The van der Waals surface area contributed by atoms with Gasteiger partial charge in [0.05, 0.1) is 28.6 Å². The van der Waals surface area contributed by atoms with E-state index in [2.05, 4.69) is 30.1 Å². The van der Waals surface area contributed by atoms with Gasteiger partial charge in [-0.25, -0.2) is 9.37 Å². The lowest BCUT2D eigenvalue weighted by molar-refractivity contribution is 0.260. The molecule has 0 radical (unpaired) electrons. The van der Waals surface area contributed by atoms with Gasteiger partial charge >= 0.3 is 0 Å². The van der Waals surface area contributed by atoms with Crippen LogP contribution in [0.5, 0.6) is 5.75 Å². The maximum Gasteiger partial charge on any atom is 0.159 e. The van der Waals surface area contributed by atoms with E-state index in [4.69, 9.17) is 9.72 Å². The van der Waals surface area contributed by atoms with Gasteiger partial charge in [-0.1, -0.05) is 0 Å². The third-order valence-corrected chi connectivity index (χ3v) is 6.00. The number of H-pyrrole nitrogens is 2. The lowest BCUT2D eigenvalue weighted by Crippen LogP contribution is -2.19. The highest BCUT2D eigenvalue weighted by Crippen LogP contribution is 2.33. The molecule has 0 amide bonds. The largest absolute Gasteiger partial charge is 0.492 e. The molecule has 0 bridgehead atoms. The van der Waals surface area contributed by atoms with Crippen molar-refractivity contribution in [2.45, 2.75) is 0 Å². The zero-order valence-corrected chi connectivity index (χ0v) is 20.2. The Kier molecular flexibility index (Phi) is 5.78. The molecule has 0 saturated carbocycles. The second-order valence-corrected chi connectivity index (χ2v) is 8.89. The van der Waals surface area contributed by atoms with Crippen LogP contribution in [0.15, 0.2) is 67.3 Å². The molecule has 184 valence electrons. The summed E-state index contributed by atoms with van der Waals surface area (Å²) in [7, 11) is 3.92. The number of imidazole rings is 1. The van der Waals surface area contributed by atoms with Crippen molar-refractivity contribution in [3.05, 3.63) is 73.1 Å². The molecule has 37 heavy (non-hydrogen) atoms. The van der Waals surface area contributed by atoms with Crippen molar-refractivity contribution in [1.82, 2.24) is 40.0 Å². The lowest BCUT2D eigenvalue weighted by atomic mass is 10.1. The molecule has 5 aromatic heterocycles. The summed E-state index contributed by atoms with van der Waals surface area (Å²) in [6.45, 7) is 1.17. The fourth-order valence-corrected chi connectivity index (χ4v) is 4.17. The molecule has 0 saturated heterocycles. The van der Waals surface area contributed by atoms with Crippen LogP contribution in [0.1, 0.15) is 0 Å². The molecule has 1 aromatic carbocycles. The number of hydrogen-bond donors (Lipinski definition) is 2. The van der Waals surface area contributed by atoms with Crippen LogP contribution in [0.4, 0.5) is 4.39 Å². The summed E-state index contributed by atoms with van der Waals surface area (Å²) < 4.78 is 20.3. The number of fused-ring (bicyclic) bond motifs is 2. The summed E-state index contributed by atoms with van der Waals surface area (Å²) in [6, 6.07) is 12.2. The Balaban J connectivity index is 1.41. The van der Waals surface area contributed by atoms with E-state index in [1.165, 1.54) is 12.1 Å². The molecule has 5 heterocycles. The van der Waals surface area contributed by atoms with Crippen LogP contribution in [0.3, 0.4) is 0 Å². The second-order valence-electron chi connectivity index (χ2n) is 8.89. The van der Waals surface area contributed by atoms with Crippen molar-refractivity contribution < 1.29 is 9.13 Å². The topological polar surface area (TPSA) is 108 Å². The fourth-order valence-electron chi connectivity index (χ4n) is 4.17. The van der Waals surface area contributed by atoms with E-state index in [1.54, 1.807) is 30.9 Å². The van der Waals surface area contributed by atoms with Crippen LogP contribution in [0.25, 0.3) is 56.0 Å². The molecule has 0 aliphatic rings. The normalized spacial score (nSPS) is 11.6. The van der Waals surface area contributed by atoms with E-state index in [9.17, 15) is 4.39 Å². The smallest absolute Gasteiger partial charge is 0.159 e. The van der Waals surface area contributed by atoms with Crippen molar-refractivity contribution >= 4 is 21.9 Å². The van der Waals surface area contributed by atoms with E-state index in [0.717, 1.165) is 34.2 Å². The van der Waals surface area contributed by atoms with Gasteiger partial charge in [-0.15, -0.1) is 0 Å². The highest BCUT2D eigenvalue weighted by atomic mass is 19.1. The Morgan fingerprint density at radius 2 is 1.78 bits per heavy atom. The number of halogens is 1. The van der Waals surface area contributed by atoms with Crippen molar-refractivity contribution in [1.29, 1.82) is 0 Å². The molecular weight excluding hydrogens is 471 g/mol. The van der Waals surface area contributed by atoms with Crippen LogP contribution >= 0.6 is 0 Å². The summed E-state index contributed by atoms with van der Waals surface area (Å²) in [5.41, 5.74) is 5.71. The minimum atomic E-state index is -0.402. The predicted molar refractivity (Wildman–Crippen MR) is 139 cm³/mol. The third kappa shape index (κ3) is 4.50. The van der Waals surface area contributed by atoms with E-state index in [-0.39, 0.29) is 0 Å². The van der Waals surface area contributed by atoms with E-state index in [1.807, 2.05) is 43.3 Å². The molecule has 0 unspecified atom stereocenters. The van der Waals surface area contributed by atoms with Gasteiger partial charge in [-0.2, -0.15) is 5.10 Å². The summed E-state index contributed by atoms with van der Waals surface area (Å²) in [4.78, 5) is 23.3. The second kappa shape index (κ2) is 9.40. The molecule has 0 spiro atoms. The van der Waals surface area contributed by atoms with Gasteiger partial charge in [-0.3, -0.25) is 20.1 Å². The Bertz CT molecular complexity index is 1710. The Hall–Kier alpha value is -4.70. The molecule has 0 fully saturated rings. The molecule has 0 aliphatic heterocycles. The molecular formula is C27H23FN8O. The van der Waals surface area contributed by atoms with Crippen molar-refractivity contribution in [2.24, 2.45) is 0 Å². The molecule has 6 rings (SSSR count). The monoisotopic (exact) mass is 494 g/mol. The average Bonchev–Trinajstić information content (AvgIpc) is 3.52. The zero-order chi connectivity index (χ0) is 25.4. The van der Waals surface area contributed by atoms with Gasteiger partial charge in [0.1, 0.15) is 29.4 Å². The first-order valence-electron chi connectivity index (χ1n) is 11.7. The number of hydrogen-bond acceptors (Lipinski definition) is 7. The zero-order valence-electron chi connectivity index (χ0n) is 20.2. The first kappa shape index (κ1) is 22.7. The van der Waals surface area contributed by atoms with Crippen LogP contribution in [0, 0.1) is 5.82 Å². The van der Waals surface area contributed by atoms with Crippen LogP contribution < -0.4 is 4.74 Å². The molecule has 6 aromatic rings. The number of likely N-dealkylation sites (N-methyl/N-ethyl adjacent to an activating group) is 1. The first-order chi connectivity index (χ1) is 18.0. The molecule has 0 atom stereocenters. The standard InChI is InChI=1S/C27H23FN8O/c1-36(2)9-10-37-19-12-17(11-18(28)13-19)24-26-21(5-8-30-24)32-27(33-26)25-20-14-22(16-3-6-29-7-4-16)31-15-23(20)34-35-25/h3-8,11-15H,9-10H2,1-2H3,(H,32,33)(H,34,35). The Morgan fingerprint density at radius 1 is 0.919 bits per heavy atom. The molecule has 9 nitrogen and oxygen atoms in total. The Morgan fingerprint density at radius 3 is 2.62 bits per heavy atom. The van der Waals surface area contributed by atoms with Crippen LogP contribution in [0.2, 0.25) is 0 Å². The van der Waals surface area contributed by atoms with Gasteiger partial charge in [0, 0.05) is 47.7 Å². The van der Waals surface area contributed by atoms with Crippen molar-refractivity contribution in [3.63, 3.8) is 0 Å². The quantitative estimate of drug-likeness (QED) is 0.331. The fraction of sp³-hybridized carbons (Fsp3) is 0.148. The maximum atomic E-state index is 14.5. The third-order valence-electron chi connectivity index (χ3n) is 6.00. The van der Waals surface area contributed by atoms with Crippen LogP contribution in [-0.2, 0) is 0 Å². The van der Waals surface area contributed by atoms with Gasteiger partial charge in [0.25, 0.3) is 0 Å². The highest BCUT2D eigenvalue weighted by Gasteiger charge is 2.17. The molecule has 2 N–H and O–H groups in total. The molecule has 0 aliphatic carbocycles. The minimum Gasteiger partial charge on any atom is -0.492 e. The minimum absolute atomic E-state index is 0.402. The average molecular weight is 495 g/mol. The van der Waals surface area contributed by atoms with E-state index >= 15 is 0 Å². The number of nitrogens with one attached hydrogen (secondary N) is 2. The molecule has 10 heteroatoms. The Labute approximate surface area is 211 Å². The van der Waals surface area contributed by atoms with Crippen LogP contribution in [-0.4, -0.2) is 67.3 Å². The summed E-state index contributed by atoms with van der Waals surface area (Å²) in [5.74, 6) is 0.614. The van der Waals surface area contributed by atoms with Gasteiger partial charge in [-0.05, 0) is 50.5 Å². The number of pyridine rings is 3.